The van der Waals surface area contributed by atoms with E-state index in [1.165, 1.54) is 0 Å². The van der Waals surface area contributed by atoms with Gasteiger partial charge in [-0.05, 0) is 48.2 Å². The van der Waals surface area contributed by atoms with Crippen LogP contribution in [-0.4, -0.2) is 61.8 Å². The Morgan fingerprint density at radius 1 is 1.05 bits per heavy atom. The van der Waals surface area contributed by atoms with E-state index >= 15 is 0 Å². The fourth-order valence-corrected chi connectivity index (χ4v) is 4.85. The zero-order chi connectivity index (χ0) is 27.6. The summed E-state index contributed by atoms with van der Waals surface area (Å²) in [5.41, 5.74) is 14.6. The number of rotatable bonds is 11. The highest BCUT2D eigenvalue weighted by Gasteiger charge is 2.24. The number of hydrogen-bond acceptors (Lipinski definition) is 7. The maximum absolute atomic E-state index is 12.7. The summed E-state index contributed by atoms with van der Waals surface area (Å²) in [6, 6.07) is 17.5. The number of nitrogens with one attached hydrogen (secondary N) is 2. The smallest absolute Gasteiger partial charge is 0.312 e. The lowest BCUT2D eigenvalue weighted by Crippen LogP contribution is -2.39. The first-order chi connectivity index (χ1) is 18.9. The summed E-state index contributed by atoms with van der Waals surface area (Å²) < 4.78 is 11.2. The molecule has 0 bridgehead atoms. The SMILES string of the molecule is COc1ccccc1C(CCC(NC(N)=O)c1ccc(C(=O)Nc2ccccc2N)nc1)CN1CCOCC1. The van der Waals surface area contributed by atoms with Gasteiger partial charge in [-0.25, -0.2) is 4.79 Å². The molecule has 3 aromatic rings. The van der Waals surface area contributed by atoms with Crippen LogP contribution in [0.1, 0.15) is 46.4 Å². The van der Waals surface area contributed by atoms with Crippen LogP contribution >= 0.6 is 0 Å². The molecule has 0 radical (unpaired) electrons. The topological polar surface area (TPSA) is 145 Å². The molecule has 1 saturated heterocycles. The summed E-state index contributed by atoms with van der Waals surface area (Å²) in [5.74, 6) is 0.623. The molecule has 2 unspecified atom stereocenters. The Hall–Kier alpha value is -4.15. The number of carbonyl (C=O) groups is 2. The van der Waals surface area contributed by atoms with Crippen LogP contribution in [0.5, 0.6) is 5.75 Å². The number of hydrogen-bond donors (Lipinski definition) is 4. The van der Waals surface area contributed by atoms with Crippen LogP contribution in [0.3, 0.4) is 0 Å². The summed E-state index contributed by atoms with van der Waals surface area (Å²) in [4.78, 5) is 31.3. The molecule has 6 N–H and O–H groups in total. The van der Waals surface area contributed by atoms with Crippen LogP contribution in [-0.2, 0) is 4.74 Å². The van der Waals surface area contributed by atoms with Gasteiger partial charge in [-0.15, -0.1) is 0 Å². The number of aromatic nitrogens is 1. The van der Waals surface area contributed by atoms with Crippen molar-refractivity contribution in [2.24, 2.45) is 5.73 Å². The van der Waals surface area contributed by atoms with Gasteiger partial charge in [0.1, 0.15) is 11.4 Å². The van der Waals surface area contributed by atoms with Crippen molar-refractivity contribution in [1.82, 2.24) is 15.2 Å². The molecule has 39 heavy (non-hydrogen) atoms. The molecule has 3 amide bonds. The highest BCUT2D eigenvalue weighted by Crippen LogP contribution is 2.33. The second-order valence-corrected chi connectivity index (χ2v) is 9.51. The summed E-state index contributed by atoms with van der Waals surface area (Å²) >= 11 is 0. The van der Waals surface area contributed by atoms with Crippen LogP contribution in [0.2, 0.25) is 0 Å². The fraction of sp³-hybridized carbons (Fsp3) is 0.345. The maximum Gasteiger partial charge on any atom is 0.312 e. The van der Waals surface area contributed by atoms with E-state index in [1.807, 2.05) is 18.2 Å². The maximum atomic E-state index is 12.7. The highest BCUT2D eigenvalue weighted by atomic mass is 16.5. The van der Waals surface area contributed by atoms with Crippen LogP contribution < -0.4 is 26.8 Å². The molecule has 10 nitrogen and oxygen atoms in total. The fourth-order valence-electron chi connectivity index (χ4n) is 4.85. The summed E-state index contributed by atoms with van der Waals surface area (Å²) in [6.45, 7) is 4.01. The van der Waals surface area contributed by atoms with Crippen molar-refractivity contribution < 1.29 is 19.1 Å². The van der Waals surface area contributed by atoms with E-state index in [4.69, 9.17) is 20.9 Å². The van der Waals surface area contributed by atoms with Gasteiger partial charge in [0.15, 0.2) is 0 Å². The number of ether oxygens (including phenoxy) is 2. The molecule has 1 aromatic heterocycles. The Morgan fingerprint density at radius 3 is 2.49 bits per heavy atom. The van der Waals surface area contributed by atoms with Crippen LogP contribution in [0.15, 0.2) is 66.9 Å². The zero-order valence-electron chi connectivity index (χ0n) is 22.1. The molecular weight excluding hydrogens is 496 g/mol. The van der Waals surface area contributed by atoms with Gasteiger partial charge in [-0.1, -0.05) is 36.4 Å². The number of anilines is 2. The summed E-state index contributed by atoms with van der Waals surface area (Å²) in [5, 5.41) is 5.62. The second kappa shape index (κ2) is 13.6. The van der Waals surface area contributed by atoms with Crippen LogP contribution in [0.4, 0.5) is 16.2 Å². The number of nitrogens with two attached hydrogens (primary N) is 2. The number of benzene rings is 2. The minimum absolute atomic E-state index is 0.158. The predicted molar refractivity (Wildman–Crippen MR) is 151 cm³/mol. The first-order valence-corrected chi connectivity index (χ1v) is 13.1. The predicted octanol–water partition coefficient (Wildman–Crippen LogP) is 3.53. The Morgan fingerprint density at radius 2 is 1.79 bits per heavy atom. The number of pyridine rings is 1. The van der Waals surface area contributed by atoms with Crippen molar-refractivity contribution in [2.75, 3.05) is 51.0 Å². The first-order valence-electron chi connectivity index (χ1n) is 13.1. The molecule has 1 aliphatic rings. The van der Waals surface area contributed by atoms with E-state index in [0.29, 0.717) is 31.0 Å². The average molecular weight is 533 g/mol. The number of nitrogen functional groups attached to an aromatic ring is 1. The van der Waals surface area contributed by atoms with Crippen LogP contribution in [0, 0.1) is 0 Å². The van der Waals surface area contributed by atoms with E-state index in [2.05, 4.69) is 26.6 Å². The molecule has 10 heteroatoms. The number of nitrogens with zero attached hydrogens (tertiary/aromatic N) is 2. The van der Waals surface area contributed by atoms with Gasteiger partial charge < -0.3 is 31.6 Å². The minimum atomic E-state index is -0.622. The van der Waals surface area contributed by atoms with E-state index in [9.17, 15) is 9.59 Å². The van der Waals surface area contributed by atoms with Crippen molar-refractivity contribution in [3.05, 3.63) is 83.7 Å². The molecule has 0 saturated carbocycles. The Kier molecular flexibility index (Phi) is 9.71. The molecular formula is C29H36N6O4. The Bertz CT molecular complexity index is 1250. The third-order valence-corrected chi connectivity index (χ3v) is 6.91. The Balaban J connectivity index is 1.49. The second-order valence-electron chi connectivity index (χ2n) is 9.51. The van der Waals surface area contributed by atoms with Crippen molar-refractivity contribution in [3.8, 4) is 5.75 Å². The number of primary amides is 1. The number of carbonyl (C=O) groups excluding carboxylic acids is 2. The average Bonchev–Trinajstić information content (AvgIpc) is 2.96. The lowest BCUT2D eigenvalue weighted by Gasteiger charge is -2.32. The van der Waals surface area contributed by atoms with Crippen LogP contribution in [0.25, 0.3) is 0 Å². The highest BCUT2D eigenvalue weighted by molar-refractivity contribution is 6.04. The molecule has 0 aliphatic carbocycles. The van der Waals surface area contributed by atoms with Gasteiger partial charge in [0, 0.05) is 31.7 Å². The van der Waals surface area contributed by atoms with Gasteiger partial charge in [0.2, 0.25) is 0 Å². The zero-order valence-corrected chi connectivity index (χ0v) is 22.1. The molecule has 2 aromatic carbocycles. The standard InChI is InChI=1S/C29H36N6O4/c1-38-27-9-5-2-6-22(27)21(19-35-14-16-39-17-15-35)11-12-24(34-29(31)37)20-10-13-26(32-18-20)28(36)33-25-8-4-3-7-23(25)30/h2-10,13,18,21,24H,11-12,14-17,19,30H2,1H3,(H,33,36)(H3,31,34,37). The number of urea groups is 1. The molecule has 1 aliphatic heterocycles. The lowest BCUT2D eigenvalue weighted by molar-refractivity contribution is 0.0343. The van der Waals surface area contributed by atoms with Crippen molar-refractivity contribution in [3.63, 3.8) is 0 Å². The van der Waals surface area contributed by atoms with Crippen molar-refractivity contribution in [1.29, 1.82) is 0 Å². The van der Waals surface area contributed by atoms with Gasteiger partial charge in [-0.2, -0.15) is 0 Å². The van der Waals surface area contributed by atoms with Gasteiger partial charge in [0.05, 0.1) is 37.7 Å². The number of amides is 3. The minimum Gasteiger partial charge on any atom is -0.496 e. The van der Waals surface area contributed by atoms with Crippen molar-refractivity contribution in [2.45, 2.75) is 24.8 Å². The van der Waals surface area contributed by atoms with Gasteiger partial charge in [-0.3, -0.25) is 14.7 Å². The van der Waals surface area contributed by atoms with Gasteiger partial charge >= 0.3 is 6.03 Å². The first kappa shape index (κ1) is 27.9. The molecule has 2 atom stereocenters. The lowest BCUT2D eigenvalue weighted by atomic mass is 9.89. The van der Waals surface area contributed by atoms with E-state index < -0.39 is 6.03 Å². The number of para-hydroxylation sites is 3. The number of methoxy groups -OCH3 is 1. The summed E-state index contributed by atoms with van der Waals surface area (Å²) in [6.07, 6.45) is 2.98. The molecule has 4 rings (SSSR count). The van der Waals surface area contributed by atoms with E-state index in [1.54, 1.807) is 49.7 Å². The molecule has 206 valence electrons. The normalized spacial score (nSPS) is 15.2. The number of morpholine rings is 1. The molecule has 2 heterocycles. The van der Waals surface area contributed by atoms with E-state index in [0.717, 1.165) is 42.9 Å². The molecule has 0 spiro atoms. The molecule has 1 fully saturated rings. The monoisotopic (exact) mass is 532 g/mol. The quantitative estimate of drug-likeness (QED) is 0.277. The van der Waals surface area contributed by atoms with E-state index in [-0.39, 0.29) is 23.6 Å². The largest absolute Gasteiger partial charge is 0.496 e. The van der Waals surface area contributed by atoms with Crippen molar-refractivity contribution >= 4 is 23.3 Å². The van der Waals surface area contributed by atoms with Gasteiger partial charge in [0.25, 0.3) is 5.91 Å². The summed E-state index contributed by atoms with van der Waals surface area (Å²) in [7, 11) is 1.68. The third-order valence-electron chi connectivity index (χ3n) is 6.91. The third kappa shape index (κ3) is 7.68. The Labute approximate surface area is 228 Å².